The molecule has 0 aliphatic heterocycles. The number of nitrogens with zero attached hydrogens (tertiary/aromatic N) is 1. The highest BCUT2D eigenvalue weighted by molar-refractivity contribution is 5.79. The van der Waals surface area contributed by atoms with Crippen LogP contribution in [0.5, 0.6) is 0 Å². The highest BCUT2D eigenvalue weighted by Gasteiger charge is 2.16. The van der Waals surface area contributed by atoms with E-state index in [0.29, 0.717) is 0 Å². The molecule has 15 heavy (non-hydrogen) atoms. The van der Waals surface area contributed by atoms with Gasteiger partial charge in [0.1, 0.15) is 0 Å². The van der Waals surface area contributed by atoms with E-state index in [9.17, 15) is 9.59 Å². The van der Waals surface area contributed by atoms with Crippen molar-refractivity contribution < 1.29 is 14.7 Å². The molecule has 0 aliphatic carbocycles. The number of amides is 1. The van der Waals surface area contributed by atoms with Crippen LogP contribution in [0.4, 0.5) is 0 Å². The van der Waals surface area contributed by atoms with Gasteiger partial charge in [0, 0.05) is 12.6 Å². The van der Waals surface area contributed by atoms with Crippen LogP contribution in [-0.4, -0.2) is 47.6 Å². The summed E-state index contributed by atoms with van der Waals surface area (Å²) in [5.41, 5.74) is 0. The maximum absolute atomic E-state index is 11.6. The van der Waals surface area contributed by atoms with Crippen molar-refractivity contribution in [3.05, 3.63) is 0 Å². The van der Waals surface area contributed by atoms with Crippen molar-refractivity contribution in [3.8, 4) is 0 Å². The second kappa shape index (κ2) is 7.23. The lowest BCUT2D eigenvalue weighted by molar-refractivity contribution is -0.138. The summed E-state index contributed by atoms with van der Waals surface area (Å²) in [6, 6.07) is 0.0375. The van der Waals surface area contributed by atoms with Crippen LogP contribution in [0.3, 0.4) is 0 Å². The van der Waals surface area contributed by atoms with Crippen molar-refractivity contribution in [2.24, 2.45) is 0 Å². The summed E-state index contributed by atoms with van der Waals surface area (Å²) < 4.78 is 0. The molecule has 0 rings (SSSR count). The Morgan fingerprint density at radius 2 is 2.00 bits per heavy atom. The lowest BCUT2D eigenvalue weighted by Gasteiger charge is -2.26. The molecule has 0 radical (unpaired) electrons. The normalized spacial score (nSPS) is 10.4. The van der Waals surface area contributed by atoms with Crippen molar-refractivity contribution in [1.82, 2.24) is 10.2 Å². The summed E-state index contributed by atoms with van der Waals surface area (Å²) in [4.78, 5) is 23.6. The van der Waals surface area contributed by atoms with E-state index in [4.69, 9.17) is 5.11 Å². The molecular formula is C10H20N2O3. The zero-order valence-corrected chi connectivity index (χ0v) is 9.62. The highest BCUT2D eigenvalue weighted by atomic mass is 16.4. The second-order valence-electron chi connectivity index (χ2n) is 3.60. The Hall–Kier alpha value is -1.10. The number of aliphatic carboxylic acids is 1. The van der Waals surface area contributed by atoms with Gasteiger partial charge in [-0.15, -0.1) is 0 Å². The Kier molecular flexibility index (Phi) is 6.70. The van der Waals surface area contributed by atoms with Crippen molar-refractivity contribution in [3.63, 3.8) is 0 Å². The van der Waals surface area contributed by atoms with Crippen molar-refractivity contribution in [2.45, 2.75) is 33.2 Å². The molecule has 88 valence electrons. The van der Waals surface area contributed by atoms with E-state index in [1.807, 2.05) is 20.8 Å². The Bertz CT molecular complexity index is 217. The average Bonchev–Trinajstić information content (AvgIpc) is 2.13. The minimum absolute atomic E-state index is 0.00392. The van der Waals surface area contributed by atoms with Gasteiger partial charge in [-0.3, -0.25) is 9.59 Å². The minimum Gasteiger partial charge on any atom is -0.481 e. The molecule has 0 bridgehead atoms. The largest absolute Gasteiger partial charge is 0.481 e. The summed E-state index contributed by atoms with van der Waals surface area (Å²) >= 11 is 0. The first-order chi connectivity index (χ1) is 6.99. The third kappa shape index (κ3) is 6.06. The first-order valence-electron chi connectivity index (χ1n) is 5.21. The predicted molar refractivity (Wildman–Crippen MR) is 57.6 cm³/mol. The van der Waals surface area contributed by atoms with Crippen LogP contribution >= 0.6 is 0 Å². The Morgan fingerprint density at radius 1 is 1.40 bits per heavy atom. The summed E-state index contributed by atoms with van der Waals surface area (Å²) in [5, 5.41) is 11.5. The lowest BCUT2D eigenvalue weighted by atomic mass is 10.2. The molecule has 5 heteroatoms. The number of carbonyl (C=O) groups is 2. The molecule has 1 amide bonds. The standard InChI is InChI=1S/C10H20N2O3/c1-4-11-7-9(13)12(8(2)3)6-5-10(14)15/h8,11H,4-7H2,1-3H3,(H,14,15). The molecule has 0 aromatic rings. The fraction of sp³-hybridized carbons (Fsp3) is 0.800. The number of nitrogens with one attached hydrogen (secondary N) is 1. The molecule has 0 aromatic carbocycles. The second-order valence-corrected chi connectivity index (χ2v) is 3.60. The maximum atomic E-state index is 11.6. The number of carboxylic acid groups (broad SMARTS) is 1. The molecule has 0 spiro atoms. The number of hydrogen-bond acceptors (Lipinski definition) is 3. The van der Waals surface area contributed by atoms with E-state index in [1.54, 1.807) is 4.90 Å². The molecule has 0 aromatic heterocycles. The van der Waals surface area contributed by atoms with Crippen LogP contribution in [0.2, 0.25) is 0 Å². The molecule has 0 atom stereocenters. The van der Waals surface area contributed by atoms with Crippen LogP contribution < -0.4 is 5.32 Å². The van der Waals surface area contributed by atoms with Gasteiger partial charge >= 0.3 is 5.97 Å². The summed E-state index contributed by atoms with van der Waals surface area (Å²) in [6.07, 6.45) is -0.00392. The first-order valence-corrected chi connectivity index (χ1v) is 5.21. The fourth-order valence-corrected chi connectivity index (χ4v) is 1.22. The van der Waals surface area contributed by atoms with Gasteiger partial charge in [0.25, 0.3) is 0 Å². The average molecular weight is 216 g/mol. The van der Waals surface area contributed by atoms with Gasteiger partial charge in [0.15, 0.2) is 0 Å². The highest BCUT2D eigenvalue weighted by Crippen LogP contribution is 2.00. The third-order valence-electron chi connectivity index (χ3n) is 2.04. The van der Waals surface area contributed by atoms with E-state index in [0.717, 1.165) is 6.54 Å². The van der Waals surface area contributed by atoms with E-state index in [-0.39, 0.29) is 31.5 Å². The minimum atomic E-state index is -0.878. The van der Waals surface area contributed by atoms with Crippen LogP contribution in [0.25, 0.3) is 0 Å². The molecule has 2 N–H and O–H groups in total. The summed E-state index contributed by atoms with van der Waals surface area (Å²) in [6.45, 7) is 6.96. The maximum Gasteiger partial charge on any atom is 0.305 e. The van der Waals surface area contributed by atoms with E-state index < -0.39 is 5.97 Å². The fourth-order valence-electron chi connectivity index (χ4n) is 1.22. The van der Waals surface area contributed by atoms with Crippen LogP contribution in [0, 0.1) is 0 Å². The van der Waals surface area contributed by atoms with Crippen LogP contribution in [0.1, 0.15) is 27.2 Å². The number of carboxylic acids is 1. The number of likely N-dealkylation sites (N-methyl/N-ethyl adjacent to an activating group) is 1. The molecule has 0 fully saturated rings. The molecule has 0 saturated heterocycles. The summed E-state index contributed by atoms with van der Waals surface area (Å²) in [7, 11) is 0. The Labute approximate surface area is 90.5 Å². The zero-order chi connectivity index (χ0) is 11.8. The molecule has 5 nitrogen and oxygen atoms in total. The first kappa shape index (κ1) is 13.9. The van der Waals surface area contributed by atoms with Crippen LogP contribution in [-0.2, 0) is 9.59 Å². The molecular weight excluding hydrogens is 196 g/mol. The Morgan fingerprint density at radius 3 is 2.40 bits per heavy atom. The SMILES string of the molecule is CCNCC(=O)N(CCC(=O)O)C(C)C. The van der Waals surface area contributed by atoms with Gasteiger partial charge < -0.3 is 15.3 Å². The third-order valence-corrected chi connectivity index (χ3v) is 2.04. The van der Waals surface area contributed by atoms with E-state index >= 15 is 0 Å². The van der Waals surface area contributed by atoms with Crippen molar-refractivity contribution in [2.75, 3.05) is 19.6 Å². The molecule has 0 unspecified atom stereocenters. The smallest absolute Gasteiger partial charge is 0.305 e. The quantitative estimate of drug-likeness (QED) is 0.642. The van der Waals surface area contributed by atoms with Gasteiger partial charge in [0.05, 0.1) is 13.0 Å². The van der Waals surface area contributed by atoms with Gasteiger partial charge in [-0.25, -0.2) is 0 Å². The predicted octanol–water partition coefficient (Wildman–Crippen LogP) is 0.308. The monoisotopic (exact) mass is 216 g/mol. The van der Waals surface area contributed by atoms with Crippen molar-refractivity contribution >= 4 is 11.9 Å². The number of hydrogen-bond donors (Lipinski definition) is 2. The van der Waals surface area contributed by atoms with Gasteiger partial charge in [0.2, 0.25) is 5.91 Å². The molecule has 0 aliphatic rings. The van der Waals surface area contributed by atoms with E-state index in [1.165, 1.54) is 0 Å². The Balaban J connectivity index is 4.13. The van der Waals surface area contributed by atoms with Crippen molar-refractivity contribution in [1.29, 1.82) is 0 Å². The van der Waals surface area contributed by atoms with Gasteiger partial charge in [-0.2, -0.15) is 0 Å². The molecule has 0 saturated carbocycles. The van der Waals surface area contributed by atoms with Crippen LogP contribution in [0.15, 0.2) is 0 Å². The topological polar surface area (TPSA) is 69.6 Å². The van der Waals surface area contributed by atoms with Gasteiger partial charge in [-0.05, 0) is 20.4 Å². The number of carbonyl (C=O) groups excluding carboxylic acids is 1. The molecule has 0 heterocycles. The van der Waals surface area contributed by atoms with E-state index in [2.05, 4.69) is 5.32 Å². The zero-order valence-electron chi connectivity index (χ0n) is 9.62. The van der Waals surface area contributed by atoms with Gasteiger partial charge in [-0.1, -0.05) is 6.92 Å². The summed E-state index contributed by atoms with van der Waals surface area (Å²) in [5.74, 6) is -0.926. The number of rotatable bonds is 7. The lowest BCUT2D eigenvalue weighted by Crippen LogP contribution is -2.43.